The molecule has 3 nitrogen and oxygen atoms in total. The van der Waals surface area contributed by atoms with E-state index in [9.17, 15) is 4.79 Å². The fraction of sp³-hybridized carbons (Fsp3) is 0.462. The molecule has 1 heterocycles. The van der Waals surface area contributed by atoms with Crippen molar-refractivity contribution in [2.45, 2.75) is 19.3 Å². The first-order valence-corrected chi connectivity index (χ1v) is 6.83. The Kier molecular flexibility index (Phi) is 4.42. The number of amides is 2. The van der Waals surface area contributed by atoms with Gasteiger partial charge in [-0.15, -0.1) is 0 Å². The van der Waals surface area contributed by atoms with E-state index in [1.54, 1.807) is 0 Å². The highest BCUT2D eigenvalue weighted by molar-refractivity contribution is 9.10. The lowest BCUT2D eigenvalue weighted by Gasteiger charge is -2.16. The van der Waals surface area contributed by atoms with Crippen molar-refractivity contribution in [2.24, 2.45) is 0 Å². The van der Waals surface area contributed by atoms with Gasteiger partial charge in [0.25, 0.3) is 0 Å². The third-order valence-electron chi connectivity index (χ3n) is 3.02. The second kappa shape index (κ2) is 6.05. The van der Waals surface area contributed by atoms with Crippen LogP contribution < -0.4 is 5.32 Å². The van der Waals surface area contributed by atoms with E-state index in [1.807, 2.05) is 23.1 Å². The van der Waals surface area contributed by atoms with Crippen molar-refractivity contribution < 1.29 is 4.79 Å². The van der Waals surface area contributed by atoms with Crippen LogP contribution in [0.2, 0.25) is 0 Å². The fourth-order valence-electron chi connectivity index (χ4n) is 2.04. The minimum atomic E-state index is 0.0783. The summed E-state index contributed by atoms with van der Waals surface area (Å²) in [5.41, 5.74) is 1.23. The Bertz CT molecular complexity index is 389. The molecule has 92 valence electrons. The van der Waals surface area contributed by atoms with E-state index >= 15 is 0 Å². The van der Waals surface area contributed by atoms with Gasteiger partial charge in [0, 0.05) is 24.1 Å². The topological polar surface area (TPSA) is 32.3 Å². The van der Waals surface area contributed by atoms with Gasteiger partial charge in [0.15, 0.2) is 0 Å². The molecule has 1 fully saturated rings. The number of halogens is 1. The zero-order valence-electron chi connectivity index (χ0n) is 9.79. The highest BCUT2D eigenvalue weighted by atomic mass is 79.9. The molecule has 2 amide bonds. The van der Waals surface area contributed by atoms with Gasteiger partial charge in [-0.1, -0.05) is 34.1 Å². The SMILES string of the molecule is O=C(NCCc1ccccc1Br)N1CCCC1. The monoisotopic (exact) mass is 296 g/mol. The molecule has 0 saturated carbocycles. The maximum atomic E-state index is 11.7. The molecule has 1 aliphatic rings. The Balaban J connectivity index is 1.76. The summed E-state index contributed by atoms with van der Waals surface area (Å²) in [5, 5.41) is 2.97. The van der Waals surface area contributed by atoms with Gasteiger partial charge in [-0.3, -0.25) is 0 Å². The maximum absolute atomic E-state index is 11.7. The standard InChI is InChI=1S/C13H17BrN2O/c14-12-6-2-1-5-11(12)7-8-15-13(17)16-9-3-4-10-16/h1-2,5-6H,3-4,7-10H2,(H,15,17). The van der Waals surface area contributed by atoms with Crippen LogP contribution >= 0.6 is 15.9 Å². The van der Waals surface area contributed by atoms with E-state index in [2.05, 4.69) is 27.3 Å². The van der Waals surface area contributed by atoms with Crippen LogP contribution in [0, 0.1) is 0 Å². The van der Waals surface area contributed by atoms with E-state index < -0.39 is 0 Å². The summed E-state index contributed by atoms with van der Waals surface area (Å²) in [5.74, 6) is 0. The number of nitrogens with one attached hydrogen (secondary N) is 1. The van der Waals surface area contributed by atoms with Crippen molar-refractivity contribution in [1.29, 1.82) is 0 Å². The average molecular weight is 297 g/mol. The summed E-state index contributed by atoms with van der Waals surface area (Å²) in [6.07, 6.45) is 3.14. The normalized spacial score (nSPS) is 15.0. The molecule has 1 N–H and O–H groups in total. The van der Waals surface area contributed by atoms with Gasteiger partial charge in [0.2, 0.25) is 0 Å². The second-order valence-corrected chi connectivity index (χ2v) is 5.12. The molecule has 0 atom stereocenters. The molecule has 1 aliphatic heterocycles. The molecule has 0 aliphatic carbocycles. The first kappa shape index (κ1) is 12.4. The number of hydrogen-bond donors (Lipinski definition) is 1. The number of rotatable bonds is 3. The molecule has 0 aromatic heterocycles. The number of hydrogen-bond acceptors (Lipinski definition) is 1. The minimum absolute atomic E-state index is 0.0783. The van der Waals surface area contributed by atoms with E-state index in [0.717, 1.165) is 36.8 Å². The Labute approximate surface area is 110 Å². The number of carbonyl (C=O) groups excluding carboxylic acids is 1. The third-order valence-corrected chi connectivity index (χ3v) is 3.80. The van der Waals surface area contributed by atoms with E-state index in [-0.39, 0.29) is 6.03 Å². The number of benzene rings is 1. The first-order chi connectivity index (χ1) is 8.27. The van der Waals surface area contributed by atoms with Crippen molar-refractivity contribution in [3.8, 4) is 0 Å². The molecule has 2 rings (SSSR count). The average Bonchev–Trinajstić information content (AvgIpc) is 2.85. The van der Waals surface area contributed by atoms with Crippen LogP contribution in [0.3, 0.4) is 0 Å². The van der Waals surface area contributed by atoms with Crippen LogP contribution in [0.25, 0.3) is 0 Å². The lowest BCUT2D eigenvalue weighted by Crippen LogP contribution is -2.38. The van der Waals surface area contributed by atoms with E-state index in [1.165, 1.54) is 5.56 Å². The predicted molar refractivity (Wildman–Crippen MR) is 72.1 cm³/mol. The van der Waals surface area contributed by atoms with Crippen LogP contribution in [0.4, 0.5) is 4.79 Å². The Morgan fingerprint density at radius 1 is 1.29 bits per heavy atom. The van der Waals surface area contributed by atoms with E-state index in [4.69, 9.17) is 0 Å². The van der Waals surface area contributed by atoms with Gasteiger partial charge in [-0.05, 0) is 30.9 Å². The lowest BCUT2D eigenvalue weighted by atomic mass is 10.1. The van der Waals surface area contributed by atoms with Crippen molar-refractivity contribution in [3.63, 3.8) is 0 Å². The summed E-state index contributed by atoms with van der Waals surface area (Å²) in [4.78, 5) is 13.6. The van der Waals surface area contributed by atoms with Gasteiger partial charge >= 0.3 is 6.03 Å². The van der Waals surface area contributed by atoms with Gasteiger partial charge in [-0.25, -0.2) is 4.79 Å². The summed E-state index contributed by atoms with van der Waals surface area (Å²) in [7, 11) is 0. The molecule has 0 bridgehead atoms. The quantitative estimate of drug-likeness (QED) is 0.914. The third kappa shape index (κ3) is 3.46. The molecule has 1 saturated heterocycles. The number of nitrogens with zero attached hydrogens (tertiary/aromatic N) is 1. The van der Waals surface area contributed by atoms with Crippen LogP contribution in [-0.2, 0) is 6.42 Å². The Hall–Kier alpha value is -1.03. The molecule has 0 unspecified atom stereocenters. The van der Waals surface area contributed by atoms with Crippen LogP contribution in [0.15, 0.2) is 28.7 Å². The van der Waals surface area contributed by atoms with Crippen molar-refractivity contribution >= 4 is 22.0 Å². The Morgan fingerprint density at radius 2 is 2.00 bits per heavy atom. The Morgan fingerprint density at radius 3 is 2.71 bits per heavy atom. The molecule has 4 heteroatoms. The number of carbonyl (C=O) groups is 1. The molecule has 17 heavy (non-hydrogen) atoms. The maximum Gasteiger partial charge on any atom is 0.317 e. The minimum Gasteiger partial charge on any atom is -0.338 e. The van der Waals surface area contributed by atoms with Crippen LogP contribution in [0.5, 0.6) is 0 Å². The molecular formula is C13H17BrN2O. The lowest BCUT2D eigenvalue weighted by molar-refractivity contribution is 0.209. The number of urea groups is 1. The first-order valence-electron chi connectivity index (χ1n) is 6.03. The summed E-state index contributed by atoms with van der Waals surface area (Å²) < 4.78 is 1.11. The van der Waals surface area contributed by atoms with Crippen LogP contribution in [0.1, 0.15) is 18.4 Å². The van der Waals surface area contributed by atoms with Crippen molar-refractivity contribution in [3.05, 3.63) is 34.3 Å². The van der Waals surface area contributed by atoms with E-state index in [0.29, 0.717) is 6.54 Å². The molecule has 0 radical (unpaired) electrons. The largest absolute Gasteiger partial charge is 0.338 e. The van der Waals surface area contributed by atoms with Gasteiger partial charge in [0.05, 0.1) is 0 Å². The van der Waals surface area contributed by atoms with Crippen molar-refractivity contribution in [1.82, 2.24) is 10.2 Å². The fourth-order valence-corrected chi connectivity index (χ4v) is 2.52. The highest BCUT2D eigenvalue weighted by Crippen LogP contribution is 2.15. The van der Waals surface area contributed by atoms with Gasteiger partial charge < -0.3 is 10.2 Å². The zero-order chi connectivity index (χ0) is 12.1. The molecular weight excluding hydrogens is 280 g/mol. The van der Waals surface area contributed by atoms with Crippen LogP contribution in [-0.4, -0.2) is 30.6 Å². The summed E-state index contributed by atoms with van der Waals surface area (Å²) in [6, 6.07) is 8.19. The molecule has 1 aromatic carbocycles. The molecule has 1 aromatic rings. The second-order valence-electron chi connectivity index (χ2n) is 4.27. The summed E-state index contributed by atoms with van der Waals surface area (Å²) >= 11 is 3.51. The summed E-state index contributed by atoms with van der Waals surface area (Å²) in [6.45, 7) is 2.50. The van der Waals surface area contributed by atoms with Crippen molar-refractivity contribution in [2.75, 3.05) is 19.6 Å². The van der Waals surface area contributed by atoms with Gasteiger partial charge in [0.1, 0.15) is 0 Å². The smallest absolute Gasteiger partial charge is 0.317 e. The zero-order valence-corrected chi connectivity index (χ0v) is 11.4. The molecule has 0 spiro atoms. The number of likely N-dealkylation sites (tertiary alicyclic amines) is 1. The predicted octanol–water partition coefficient (Wildman–Crippen LogP) is 2.80. The van der Waals surface area contributed by atoms with Gasteiger partial charge in [-0.2, -0.15) is 0 Å². The highest BCUT2D eigenvalue weighted by Gasteiger charge is 2.16.